The highest BCUT2D eigenvalue weighted by Crippen LogP contribution is 2.20. The Labute approximate surface area is 551 Å². The van der Waals surface area contributed by atoms with Gasteiger partial charge in [-0.3, -0.25) is 62.7 Å². The van der Waals surface area contributed by atoms with Crippen molar-refractivity contribution in [3.05, 3.63) is 120 Å². The molecular weight excluding hydrogens is 1260 g/mol. The number of imidazole rings is 1. The Bertz CT molecular complexity index is 3460. The number of fused-ring (bicyclic) bond motifs is 1. The molecule has 506 valence electrons. The summed E-state index contributed by atoms with van der Waals surface area (Å²) in [5, 5.41) is 43.6. The minimum absolute atomic E-state index is 0.00353. The lowest BCUT2D eigenvalue weighted by Gasteiger charge is -2.28. The molecule has 2 heterocycles. The fraction of sp³-hybridized carbons (Fsp3) is 0.400. The number of aromatic hydroxyl groups is 1. The molecule has 32 nitrogen and oxygen atoms in total. The molecule has 94 heavy (non-hydrogen) atoms. The fourth-order valence-corrected chi connectivity index (χ4v) is 10.1. The number of amides is 10. The van der Waals surface area contributed by atoms with Gasteiger partial charge >= 0.3 is 5.97 Å². The number of carboxylic acid groups (broad SMARTS) is 1. The lowest BCUT2D eigenvalue weighted by Crippen LogP contribution is -2.61. The number of para-hydroxylation sites is 1. The zero-order chi connectivity index (χ0) is 68.9. The quantitative estimate of drug-likeness (QED) is 0.00788. The predicted molar refractivity (Wildman–Crippen MR) is 353 cm³/mol. The third-order valence-corrected chi connectivity index (χ3v) is 15.2. The number of hydrogen-bond acceptors (Lipinski definition) is 17. The van der Waals surface area contributed by atoms with Gasteiger partial charge in [-0.15, -0.1) is 0 Å². The SMILES string of the molecule is CC(=O)N[C@@H](Cc1ccc(O)cc1)C(=O)N[C@@H](CCCN=C(N)N)C(=O)N[C@@H](CS)C(=O)N[C@@H](CCC(=O)O)C(=O)N[C@@H](Cc1cnc[nH]1)C(=O)N[C@H](Cc1ccccc1)C(=O)N[C@@H](CCCN=C(N)N)C(=O)N[C@@H](Cc1c[nH]c2ccccc12)C(=O)N[C@@H](CS)C(N)=O. The van der Waals surface area contributed by atoms with E-state index in [0.717, 1.165) is 10.9 Å². The number of nitrogens with two attached hydrogens (primary N) is 5. The zero-order valence-electron chi connectivity index (χ0n) is 51.3. The first-order valence-electron chi connectivity index (χ1n) is 29.7. The average Bonchev–Trinajstić information content (AvgIpc) is 1.55. The monoisotopic (exact) mass is 1340 g/mol. The number of nitrogens with zero attached hydrogens (tertiary/aromatic N) is 3. The highest BCUT2D eigenvalue weighted by molar-refractivity contribution is 7.80. The minimum atomic E-state index is -1.73. The van der Waals surface area contributed by atoms with E-state index in [1.165, 1.54) is 43.7 Å². The molecule has 0 spiro atoms. The van der Waals surface area contributed by atoms with Gasteiger partial charge in [-0.2, -0.15) is 25.3 Å². The maximum Gasteiger partial charge on any atom is 0.303 e. The van der Waals surface area contributed by atoms with Gasteiger partial charge in [0.15, 0.2) is 11.9 Å². The van der Waals surface area contributed by atoms with E-state index < -0.39 is 138 Å². The summed E-state index contributed by atoms with van der Waals surface area (Å²) in [5.74, 6) is -11.4. The van der Waals surface area contributed by atoms with Crippen LogP contribution in [0.2, 0.25) is 0 Å². The van der Waals surface area contributed by atoms with Gasteiger partial charge in [0.05, 0.1) is 6.33 Å². The van der Waals surface area contributed by atoms with E-state index in [-0.39, 0.29) is 93.6 Å². The number of rotatable bonds is 39. The Morgan fingerprint density at radius 1 is 0.500 bits per heavy atom. The highest BCUT2D eigenvalue weighted by Gasteiger charge is 2.36. The van der Waals surface area contributed by atoms with E-state index in [0.29, 0.717) is 16.7 Å². The Kier molecular flexibility index (Phi) is 29.9. The number of primary amides is 1. The zero-order valence-corrected chi connectivity index (χ0v) is 53.1. The molecule has 10 amide bonds. The fourth-order valence-electron chi connectivity index (χ4n) is 9.60. The van der Waals surface area contributed by atoms with Crippen LogP contribution in [0.3, 0.4) is 0 Å². The summed E-state index contributed by atoms with van der Waals surface area (Å²) in [7, 11) is 0. The molecule has 5 aromatic rings. The van der Waals surface area contributed by atoms with Crippen molar-refractivity contribution in [1.82, 2.24) is 62.8 Å². The van der Waals surface area contributed by atoms with E-state index >= 15 is 0 Å². The lowest BCUT2D eigenvalue weighted by atomic mass is 10.0. The molecule has 3 aromatic carbocycles. The smallest absolute Gasteiger partial charge is 0.303 e. The molecule has 34 heteroatoms. The van der Waals surface area contributed by atoms with Crippen molar-refractivity contribution in [2.75, 3.05) is 24.6 Å². The molecule has 5 rings (SSSR count). The summed E-state index contributed by atoms with van der Waals surface area (Å²) >= 11 is 8.43. The van der Waals surface area contributed by atoms with E-state index in [1.807, 2.05) is 6.07 Å². The number of hydrogen-bond donors (Lipinski definition) is 20. The maximum absolute atomic E-state index is 14.8. The molecule has 0 unspecified atom stereocenters. The Morgan fingerprint density at radius 2 is 0.926 bits per heavy atom. The van der Waals surface area contributed by atoms with Gasteiger partial charge in [-0.25, -0.2) is 4.98 Å². The number of aliphatic carboxylic acids is 1. The number of carbonyl (C=O) groups is 11. The van der Waals surface area contributed by atoms with E-state index in [2.05, 4.69) is 98.0 Å². The Hall–Kier alpha value is -10.4. The summed E-state index contributed by atoms with van der Waals surface area (Å²) in [6.45, 7) is 1.20. The first kappa shape index (κ1) is 74.3. The van der Waals surface area contributed by atoms with Gasteiger partial charge in [-0.05, 0) is 67.0 Å². The molecule has 0 aliphatic rings. The van der Waals surface area contributed by atoms with E-state index in [9.17, 15) is 63.0 Å². The van der Waals surface area contributed by atoms with Crippen LogP contribution in [0.5, 0.6) is 5.75 Å². The number of H-pyrrole nitrogens is 2. The van der Waals surface area contributed by atoms with Crippen LogP contribution in [0.4, 0.5) is 0 Å². The summed E-state index contributed by atoms with van der Waals surface area (Å²) in [6, 6.07) is 8.31. The number of phenolic OH excluding ortho intramolecular Hbond substituents is 1. The van der Waals surface area contributed by atoms with Crippen molar-refractivity contribution in [2.45, 2.75) is 126 Å². The topological polar surface area (TPSA) is 536 Å². The number of carbonyl (C=O) groups excluding carboxylic acids is 10. The van der Waals surface area contributed by atoms with Crippen molar-refractivity contribution in [2.24, 2.45) is 38.7 Å². The predicted octanol–water partition coefficient (Wildman–Crippen LogP) is -3.43. The van der Waals surface area contributed by atoms with Crippen LogP contribution in [-0.4, -0.2) is 181 Å². The first-order chi connectivity index (χ1) is 44.8. The van der Waals surface area contributed by atoms with Crippen LogP contribution in [0, 0.1) is 0 Å². The molecule has 23 N–H and O–H groups in total. The summed E-state index contributed by atoms with van der Waals surface area (Å²) in [4.78, 5) is 169. The van der Waals surface area contributed by atoms with Gasteiger partial charge in [0.1, 0.15) is 60.1 Å². The van der Waals surface area contributed by atoms with Crippen LogP contribution in [0.15, 0.2) is 108 Å². The molecule has 0 fully saturated rings. The summed E-state index contributed by atoms with van der Waals surface area (Å²) in [6.07, 6.45) is 2.29. The molecule has 0 saturated heterocycles. The Morgan fingerprint density at radius 3 is 1.40 bits per heavy atom. The number of nitrogens with one attached hydrogen (secondary N) is 11. The van der Waals surface area contributed by atoms with Crippen molar-refractivity contribution in [1.29, 1.82) is 0 Å². The second kappa shape index (κ2) is 37.8. The second-order valence-electron chi connectivity index (χ2n) is 21.7. The number of carboxylic acids is 1. The number of guanidine groups is 2. The third-order valence-electron chi connectivity index (χ3n) is 14.4. The number of benzene rings is 3. The number of aromatic amines is 2. The van der Waals surface area contributed by atoms with Crippen LogP contribution in [0.25, 0.3) is 10.9 Å². The number of phenols is 1. The molecule has 0 radical (unpaired) electrons. The standard InChI is InChI=1S/C60H81N19O13S2/c1-32(80)71-43(24-34-15-17-37(81)18-16-34)54(88)72-41(14-8-22-68-60(64)65)52(86)79-48(30-94)58(92)74-42(19-20-49(82)83)53(87)77-46(26-36-28-66-31-70-36)57(91)75-44(23-33-9-3-2-4-10-33)55(89)73-40(13-7-21-67-59(62)63)51(85)76-45(56(90)78-47(29-93)50(61)84)25-35-27-69-39-12-6-5-11-38(35)39/h2-6,9-12,15-18,27-28,31,40-48,69,81,93-94H,7-8,13-14,19-26,29-30H2,1H3,(H2,61,84)(H,66,70)(H,71,80)(H,72,88)(H,73,89)(H,74,92)(H,75,91)(H,76,85)(H,77,87)(H,78,90)(H,79,86)(H,82,83)(H4,62,63,67)(H4,64,65,68)/t40-,41-,42-,43-,44+,45-,46-,47-,48-/m0/s1. The van der Waals surface area contributed by atoms with Crippen LogP contribution in [-0.2, 0) is 78.4 Å². The van der Waals surface area contributed by atoms with Crippen molar-refractivity contribution in [3.8, 4) is 5.75 Å². The first-order valence-corrected chi connectivity index (χ1v) is 31.0. The molecule has 0 bridgehead atoms. The molecule has 0 aliphatic carbocycles. The summed E-state index contributed by atoms with van der Waals surface area (Å²) < 4.78 is 0. The molecule has 9 atom stereocenters. The van der Waals surface area contributed by atoms with Gasteiger partial charge in [0.2, 0.25) is 59.1 Å². The van der Waals surface area contributed by atoms with Gasteiger partial charge in [0.25, 0.3) is 0 Å². The average molecular weight is 1340 g/mol. The number of aliphatic imine (C=N–C) groups is 2. The molecule has 0 aliphatic heterocycles. The molecule has 2 aromatic heterocycles. The number of thiol groups is 2. The van der Waals surface area contributed by atoms with Crippen LogP contribution < -0.4 is 76.5 Å². The van der Waals surface area contributed by atoms with E-state index in [1.54, 1.807) is 54.7 Å². The van der Waals surface area contributed by atoms with Gasteiger partial charge < -0.3 is 96.7 Å². The lowest BCUT2D eigenvalue weighted by molar-refractivity contribution is -0.138. The molecule has 0 saturated carbocycles. The molecular formula is C60H81N19O13S2. The Balaban J connectivity index is 1.42. The minimum Gasteiger partial charge on any atom is -0.508 e. The second-order valence-corrected chi connectivity index (χ2v) is 22.5. The maximum atomic E-state index is 14.8. The van der Waals surface area contributed by atoms with Gasteiger partial charge in [-0.1, -0.05) is 60.7 Å². The summed E-state index contributed by atoms with van der Waals surface area (Å²) in [5.41, 5.74) is 30.4. The largest absolute Gasteiger partial charge is 0.508 e. The van der Waals surface area contributed by atoms with Crippen molar-refractivity contribution < 1.29 is 63.0 Å². The van der Waals surface area contributed by atoms with Gasteiger partial charge in [0, 0.05) is 92.6 Å². The van der Waals surface area contributed by atoms with Crippen molar-refractivity contribution in [3.63, 3.8) is 0 Å². The number of aromatic nitrogens is 3. The van der Waals surface area contributed by atoms with Crippen LogP contribution in [0.1, 0.15) is 67.8 Å². The van der Waals surface area contributed by atoms with Crippen LogP contribution >= 0.6 is 25.3 Å². The third kappa shape index (κ3) is 25.0. The van der Waals surface area contributed by atoms with E-state index in [4.69, 9.17) is 28.7 Å². The normalized spacial score (nSPS) is 13.8. The highest BCUT2D eigenvalue weighted by atomic mass is 32.1. The van der Waals surface area contributed by atoms with Crippen molar-refractivity contribution >= 4 is 113 Å².